The molecule has 1 aromatic heterocycles. The lowest BCUT2D eigenvalue weighted by molar-refractivity contribution is 0.0939. The number of imidazole rings is 1. The first-order valence-electron chi connectivity index (χ1n) is 4.65. The fourth-order valence-corrected chi connectivity index (χ4v) is 2.44. The number of rotatable bonds is 1. The molecule has 4 heteroatoms. The molecular formula is C11H8N2OS. The molecule has 0 atom stereocenters. The van der Waals surface area contributed by atoms with Gasteiger partial charge in [-0.15, -0.1) is 0 Å². The van der Waals surface area contributed by atoms with Gasteiger partial charge in [-0.3, -0.25) is 9.36 Å². The minimum absolute atomic E-state index is 0.115. The molecule has 3 nitrogen and oxygen atoms in total. The maximum absolute atomic E-state index is 11.4. The monoisotopic (exact) mass is 216 g/mol. The van der Waals surface area contributed by atoms with Gasteiger partial charge in [0.05, 0.1) is 11.4 Å². The minimum atomic E-state index is 0.115. The third kappa shape index (κ3) is 1.37. The van der Waals surface area contributed by atoms with Crippen molar-refractivity contribution in [3.05, 3.63) is 36.5 Å². The molecule has 74 valence electrons. The standard InChI is InChI=1S/C11H8N2OS/c14-10-7-15-11-12-9(6-13(10)11)8-4-2-1-3-5-8/h1-6H,7H2. The molecule has 15 heavy (non-hydrogen) atoms. The van der Waals surface area contributed by atoms with E-state index >= 15 is 0 Å². The molecule has 1 aliphatic rings. The van der Waals surface area contributed by atoms with Gasteiger partial charge in [0.15, 0.2) is 5.16 Å². The van der Waals surface area contributed by atoms with Crippen LogP contribution >= 0.6 is 11.8 Å². The summed E-state index contributed by atoms with van der Waals surface area (Å²) in [4.78, 5) is 15.8. The normalized spacial score (nSPS) is 14.3. The van der Waals surface area contributed by atoms with Crippen molar-refractivity contribution in [3.63, 3.8) is 0 Å². The van der Waals surface area contributed by atoms with Crippen LogP contribution in [0.5, 0.6) is 0 Å². The number of aromatic nitrogens is 2. The molecule has 0 saturated heterocycles. The van der Waals surface area contributed by atoms with E-state index in [1.807, 2.05) is 36.5 Å². The molecule has 0 spiro atoms. The highest BCUT2D eigenvalue weighted by Gasteiger charge is 2.22. The Morgan fingerprint density at radius 1 is 1.27 bits per heavy atom. The molecule has 0 aliphatic carbocycles. The van der Waals surface area contributed by atoms with E-state index in [2.05, 4.69) is 4.98 Å². The summed E-state index contributed by atoms with van der Waals surface area (Å²) < 4.78 is 1.63. The van der Waals surface area contributed by atoms with Crippen molar-refractivity contribution in [2.45, 2.75) is 5.16 Å². The summed E-state index contributed by atoms with van der Waals surface area (Å²) in [6.45, 7) is 0. The molecule has 3 rings (SSSR count). The van der Waals surface area contributed by atoms with Crippen LogP contribution < -0.4 is 0 Å². The van der Waals surface area contributed by atoms with Crippen molar-refractivity contribution in [1.29, 1.82) is 0 Å². The summed E-state index contributed by atoms with van der Waals surface area (Å²) in [6.07, 6.45) is 1.81. The van der Waals surface area contributed by atoms with Gasteiger partial charge in [0, 0.05) is 11.8 Å². The van der Waals surface area contributed by atoms with Crippen LogP contribution in [-0.4, -0.2) is 21.2 Å². The van der Waals surface area contributed by atoms with Crippen LogP contribution in [0.4, 0.5) is 0 Å². The molecule has 2 aromatic rings. The predicted octanol–water partition coefficient (Wildman–Crippen LogP) is 2.30. The zero-order valence-corrected chi connectivity index (χ0v) is 8.70. The summed E-state index contributed by atoms with van der Waals surface area (Å²) in [6, 6.07) is 9.89. The lowest BCUT2D eigenvalue weighted by Crippen LogP contribution is -2.04. The molecule has 2 heterocycles. The van der Waals surface area contributed by atoms with Crippen molar-refractivity contribution in [3.8, 4) is 11.3 Å². The number of benzene rings is 1. The number of hydrogen-bond acceptors (Lipinski definition) is 3. The molecule has 1 aromatic carbocycles. The van der Waals surface area contributed by atoms with Crippen molar-refractivity contribution < 1.29 is 4.79 Å². The lowest BCUT2D eigenvalue weighted by Gasteiger charge is -1.94. The first-order valence-corrected chi connectivity index (χ1v) is 5.64. The highest BCUT2D eigenvalue weighted by molar-refractivity contribution is 8.00. The van der Waals surface area contributed by atoms with Gasteiger partial charge in [-0.25, -0.2) is 4.98 Å². The maximum Gasteiger partial charge on any atom is 0.243 e. The summed E-state index contributed by atoms with van der Waals surface area (Å²) in [7, 11) is 0. The first-order chi connectivity index (χ1) is 7.34. The van der Waals surface area contributed by atoms with E-state index in [-0.39, 0.29) is 5.91 Å². The Morgan fingerprint density at radius 3 is 2.80 bits per heavy atom. The Kier molecular flexibility index (Phi) is 1.89. The molecule has 0 bridgehead atoms. The second kappa shape index (κ2) is 3.24. The third-order valence-electron chi connectivity index (χ3n) is 2.34. The Bertz CT molecular complexity index is 519. The Balaban J connectivity index is 2.09. The van der Waals surface area contributed by atoms with Gasteiger partial charge < -0.3 is 0 Å². The van der Waals surface area contributed by atoms with Crippen molar-refractivity contribution >= 4 is 17.7 Å². The summed E-state index contributed by atoms with van der Waals surface area (Å²) in [5.41, 5.74) is 1.92. The van der Waals surface area contributed by atoms with E-state index in [9.17, 15) is 4.79 Å². The van der Waals surface area contributed by atoms with Crippen molar-refractivity contribution in [2.24, 2.45) is 0 Å². The maximum atomic E-state index is 11.4. The smallest absolute Gasteiger partial charge is 0.243 e. The zero-order valence-electron chi connectivity index (χ0n) is 7.88. The van der Waals surface area contributed by atoms with Crippen LogP contribution in [-0.2, 0) is 0 Å². The molecule has 1 aliphatic heterocycles. The predicted molar refractivity (Wildman–Crippen MR) is 59.0 cm³/mol. The lowest BCUT2D eigenvalue weighted by atomic mass is 10.2. The first kappa shape index (κ1) is 8.73. The number of fused-ring (bicyclic) bond motifs is 1. The number of carbonyl (C=O) groups is 1. The van der Waals surface area contributed by atoms with Crippen molar-refractivity contribution in [1.82, 2.24) is 9.55 Å². The van der Waals surface area contributed by atoms with Gasteiger partial charge in [-0.1, -0.05) is 42.1 Å². The van der Waals surface area contributed by atoms with E-state index in [4.69, 9.17) is 0 Å². The molecule has 0 amide bonds. The van der Waals surface area contributed by atoms with Crippen molar-refractivity contribution in [2.75, 3.05) is 5.75 Å². The fraction of sp³-hybridized carbons (Fsp3) is 0.0909. The van der Waals surface area contributed by atoms with Gasteiger partial charge in [0.25, 0.3) is 0 Å². The zero-order chi connectivity index (χ0) is 10.3. The highest BCUT2D eigenvalue weighted by atomic mass is 32.2. The molecule has 0 fully saturated rings. The van der Waals surface area contributed by atoms with Gasteiger partial charge >= 0.3 is 0 Å². The topological polar surface area (TPSA) is 34.9 Å². The quantitative estimate of drug-likeness (QED) is 0.733. The fourth-order valence-electron chi connectivity index (χ4n) is 1.59. The third-order valence-corrected chi connectivity index (χ3v) is 3.27. The minimum Gasteiger partial charge on any atom is -0.273 e. The second-order valence-electron chi connectivity index (χ2n) is 3.33. The summed E-state index contributed by atoms with van der Waals surface area (Å²) in [5, 5.41) is 0.804. The molecule has 0 N–H and O–H groups in total. The van der Waals surface area contributed by atoms with E-state index in [1.165, 1.54) is 11.8 Å². The Hall–Kier alpha value is -1.55. The SMILES string of the molecule is O=C1CSc2nc(-c3ccccc3)cn21. The van der Waals surface area contributed by atoms with E-state index < -0.39 is 0 Å². The largest absolute Gasteiger partial charge is 0.273 e. The molecule has 0 unspecified atom stereocenters. The van der Waals surface area contributed by atoms with E-state index in [1.54, 1.807) is 4.57 Å². The van der Waals surface area contributed by atoms with Crippen LogP contribution in [0.3, 0.4) is 0 Å². The van der Waals surface area contributed by atoms with E-state index in [0.717, 1.165) is 16.4 Å². The van der Waals surface area contributed by atoms with Crippen LogP contribution in [0.15, 0.2) is 41.7 Å². The average Bonchev–Trinajstić information content (AvgIpc) is 2.83. The van der Waals surface area contributed by atoms with Crippen LogP contribution in [0, 0.1) is 0 Å². The number of nitrogens with zero attached hydrogens (tertiary/aromatic N) is 2. The number of hydrogen-bond donors (Lipinski definition) is 0. The average molecular weight is 216 g/mol. The summed E-state index contributed by atoms with van der Waals surface area (Å²) >= 11 is 1.49. The van der Waals surface area contributed by atoms with Crippen LogP contribution in [0.2, 0.25) is 0 Å². The van der Waals surface area contributed by atoms with Crippen LogP contribution in [0.1, 0.15) is 4.79 Å². The van der Waals surface area contributed by atoms with Crippen LogP contribution in [0.25, 0.3) is 11.3 Å². The number of carbonyl (C=O) groups excluding carboxylic acids is 1. The Labute approximate surface area is 91.1 Å². The number of thioether (sulfide) groups is 1. The molecular weight excluding hydrogens is 208 g/mol. The second-order valence-corrected chi connectivity index (χ2v) is 4.27. The van der Waals surface area contributed by atoms with Gasteiger partial charge in [0.1, 0.15) is 0 Å². The highest BCUT2D eigenvalue weighted by Crippen LogP contribution is 2.28. The molecule has 0 radical (unpaired) electrons. The summed E-state index contributed by atoms with van der Waals surface area (Å²) in [5.74, 6) is 0.627. The molecule has 0 saturated carbocycles. The van der Waals surface area contributed by atoms with Gasteiger partial charge in [-0.05, 0) is 0 Å². The van der Waals surface area contributed by atoms with E-state index in [0.29, 0.717) is 5.75 Å². The Morgan fingerprint density at radius 2 is 2.07 bits per heavy atom. The van der Waals surface area contributed by atoms with Gasteiger partial charge in [0.2, 0.25) is 5.91 Å². The van der Waals surface area contributed by atoms with Gasteiger partial charge in [-0.2, -0.15) is 0 Å².